The number of nitrogens with zero attached hydrogens (tertiary/aromatic N) is 3. The monoisotopic (exact) mass is 493 g/mol. The van der Waals surface area contributed by atoms with E-state index in [1.165, 1.54) is 18.4 Å². The van der Waals surface area contributed by atoms with E-state index in [1.807, 2.05) is 12.1 Å². The van der Waals surface area contributed by atoms with Crippen molar-refractivity contribution in [3.05, 3.63) is 54.1 Å². The van der Waals surface area contributed by atoms with Crippen LogP contribution >= 0.6 is 0 Å². The van der Waals surface area contributed by atoms with Crippen molar-refractivity contribution in [3.63, 3.8) is 0 Å². The Bertz CT molecular complexity index is 1010. The second-order valence-corrected chi connectivity index (χ2v) is 10.4. The summed E-state index contributed by atoms with van der Waals surface area (Å²) in [5.41, 5.74) is 2.34. The summed E-state index contributed by atoms with van der Waals surface area (Å²) in [6.45, 7) is 3.96. The number of ether oxygens (including phenoxy) is 2. The van der Waals surface area contributed by atoms with Gasteiger partial charge < -0.3 is 24.4 Å². The lowest BCUT2D eigenvalue weighted by molar-refractivity contribution is -0.135. The molecular formula is C29H39N3O4. The van der Waals surface area contributed by atoms with Crippen molar-refractivity contribution in [2.45, 2.75) is 56.8 Å². The van der Waals surface area contributed by atoms with Gasteiger partial charge in [0.15, 0.2) is 11.5 Å². The Kier molecular flexibility index (Phi) is 7.97. The molecule has 2 saturated heterocycles. The van der Waals surface area contributed by atoms with Crippen molar-refractivity contribution in [2.24, 2.45) is 0 Å². The van der Waals surface area contributed by atoms with E-state index in [1.54, 1.807) is 7.11 Å². The number of aliphatic hydroxyl groups is 1. The van der Waals surface area contributed by atoms with E-state index in [0.717, 1.165) is 62.5 Å². The van der Waals surface area contributed by atoms with E-state index in [-0.39, 0.29) is 24.2 Å². The van der Waals surface area contributed by atoms with Gasteiger partial charge >= 0.3 is 0 Å². The first kappa shape index (κ1) is 24.9. The molecule has 194 valence electrons. The number of benzene rings is 2. The molecule has 2 aromatic rings. The number of amides is 1. The fourth-order valence-corrected chi connectivity index (χ4v) is 5.86. The first-order valence-corrected chi connectivity index (χ1v) is 13.4. The number of methoxy groups -OCH3 is 1. The van der Waals surface area contributed by atoms with Gasteiger partial charge in [-0.15, -0.1) is 0 Å². The molecule has 3 aliphatic rings. The summed E-state index contributed by atoms with van der Waals surface area (Å²) in [7, 11) is 1.69. The van der Waals surface area contributed by atoms with Gasteiger partial charge in [-0.3, -0.25) is 9.69 Å². The molecule has 1 aliphatic carbocycles. The molecule has 0 spiro atoms. The van der Waals surface area contributed by atoms with Crippen LogP contribution in [0.15, 0.2) is 48.5 Å². The molecule has 3 fully saturated rings. The zero-order valence-corrected chi connectivity index (χ0v) is 21.3. The van der Waals surface area contributed by atoms with Gasteiger partial charge in [-0.2, -0.15) is 0 Å². The first-order chi connectivity index (χ1) is 17.6. The van der Waals surface area contributed by atoms with Gasteiger partial charge in [-0.25, -0.2) is 0 Å². The minimum atomic E-state index is -0.314. The van der Waals surface area contributed by atoms with Gasteiger partial charge in [0.05, 0.1) is 31.9 Å². The highest BCUT2D eigenvalue weighted by atomic mass is 16.5. The van der Waals surface area contributed by atoms with E-state index in [9.17, 15) is 9.90 Å². The van der Waals surface area contributed by atoms with Crippen molar-refractivity contribution in [2.75, 3.05) is 51.3 Å². The smallest absolute Gasteiger partial charge is 0.237 e. The number of anilines is 1. The molecule has 2 aromatic carbocycles. The molecule has 1 amide bonds. The lowest BCUT2D eigenvalue weighted by atomic mass is 10.0. The predicted molar refractivity (Wildman–Crippen MR) is 141 cm³/mol. The Labute approximate surface area is 214 Å². The van der Waals surface area contributed by atoms with Crippen LogP contribution in [0.4, 0.5) is 5.69 Å². The molecule has 0 aromatic heterocycles. The third kappa shape index (κ3) is 5.95. The summed E-state index contributed by atoms with van der Waals surface area (Å²) in [6.07, 6.45) is 6.15. The van der Waals surface area contributed by atoms with E-state index in [2.05, 4.69) is 51.1 Å². The first-order valence-electron chi connectivity index (χ1n) is 13.4. The maximum absolute atomic E-state index is 13.4. The molecule has 0 radical (unpaired) electrons. The molecule has 1 N–H and O–H groups in total. The molecule has 1 saturated carbocycles. The van der Waals surface area contributed by atoms with E-state index < -0.39 is 0 Å². The van der Waals surface area contributed by atoms with E-state index >= 15 is 0 Å². The summed E-state index contributed by atoms with van der Waals surface area (Å²) < 4.78 is 12.0. The van der Waals surface area contributed by atoms with Gasteiger partial charge in [-0.1, -0.05) is 30.3 Å². The van der Waals surface area contributed by atoms with Crippen LogP contribution in [0.3, 0.4) is 0 Å². The largest absolute Gasteiger partial charge is 0.493 e. The lowest BCUT2D eigenvalue weighted by Gasteiger charge is -2.43. The predicted octanol–water partition coefficient (Wildman–Crippen LogP) is 3.34. The van der Waals surface area contributed by atoms with Gasteiger partial charge in [0.25, 0.3) is 0 Å². The van der Waals surface area contributed by atoms with Crippen LogP contribution in [0, 0.1) is 0 Å². The fraction of sp³-hybridized carbons (Fsp3) is 0.552. The maximum atomic E-state index is 13.4. The fourth-order valence-electron chi connectivity index (χ4n) is 5.86. The highest BCUT2D eigenvalue weighted by Gasteiger charge is 2.33. The number of piperazine rings is 1. The van der Waals surface area contributed by atoms with Gasteiger partial charge in [0.2, 0.25) is 5.91 Å². The Hall–Kier alpha value is -2.77. The number of β-amino-alcohol motifs (C(OH)–C–C–N with tert-alkyl or cyclic N) is 1. The van der Waals surface area contributed by atoms with Crippen LogP contribution in [-0.2, 0) is 11.2 Å². The minimum absolute atomic E-state index is 0.0717. The summed E-state index contributed by atoms with van der Waals surface area (Å²) in [5.74, 6) is 1.74. The number of carbonyl (C=O) groups excluding carboxylic acids is 1. The van der Waals surface area contributed by atoms with Gasteiger partial charge in [0, 0.05) is 44.5 Å². The number of aliphatic hydroxyl groups excluding tert-OH is 1. The van der Waals surface area contributed by atoms with Crippen LogP contribution in [0.5, 0.6) is 11.5 Å². The molecule has 7 heteroatoms. The van der Waals surface area contributed by atoms with Crippen molar-refractivity contribution in [3.8, 4) is 11.5 Å². The van der Waals surface area contributed by atoms with Crippen LogP contribution in [-0.4, -0.2) is 85.4 Å². The number of likely N-dealkylation sites (tertiary alicyclic amines) is 1. The van der Waals surface area contributed by atoms with Gasteiger partial charge in [-0.05, 0) is 56.2 Å². The summed E-state index contributed by atoms with van der Waals surface area (Å²) in [5, 5.41) is 9.89. The molecule has 2 atom stereocenters. The van der Waals surface area contributed by atoms with Crippen LogP contribution in [0.2, 0.25) is 0 Å². The molecular weight excluding hydrogens is 454 g/mol. The number of carbonyl (C=O) groups is 1. The third-order valence-electron chi connectivity index (χ3n) is 7.83. The number of hydrogen-bond acceptors (Lipinski definition) is 6. The number of hydrogen-bond donors (Lipinski definition) is 1. The number of rotatable bonds is 8. The topological polar surface area (TPSA) is 65.5 Å². The summed E-state index contributed by atoms with van der Waals surface area (Å²) in [6, 6.07) is 16.7. The zero-order valence-electron chi connectivity index (χ0n) is 21.3. The van der Waals surface area contributed by atoms with Gasteiger partial charge in [0.1, 0.15) is 0 Å². The third-order valence-corrected chi connectivity index (χ3v) is 7.83. The zero-order chi connectivity index (χ0) is 24.9. The normalized spacial score (nSPS) is 23.3. The molecule has 0 bridgehead atoms. The molecule has 36 heavy (non-hydrogen) atoms. The lowest BCUT2D eigenvalue weighted by Crippen LogP contribution is -2.57. The SMILES string of the molecule is COc1ccc(N2CCN(C(=O)CN3CC[C@H](O)C3)[C@@H](Cc3ccccc3)C2)cc1OC1CCCC1. The second kappa shape index (κ2) is 11.5. The minimum Gasteiger partial charge on any atom is -0.493 e. The summed E-state index contributed by atoms with van der Waals surface area (Å²) >= 11 is 0. The van der Waals surface area contributed by atoms with Crippen molar-refractivity contribution >= 4 is 11.6 Å². The van der Waals surface area contributed by atoms with E-state index in [4.69, 9.17) is 9.47 Å². The molecule has 5 rings (SSSR count). The van der Waals surface area contributed by atoms with E-state index in [0.29, 0.717) is 19.6 Å². The summed E-state index contributed by atoms with van der Waals surface area (Å²) in [4.78, 5) is 19.9. The van der Waals surface area contributed by atoms with Crippen LogP contribution in [0.1, 0.15) is 37.7 Å². The van der Waals surface area contributed by atoms with Crippen LogP contribution in [0.25, 0.3) is 0 Å². The van der Waals surface area contributed by atoms with Crippen molar-refractivity contribution < 1.29 is 19.4 Å². The molecule has 7 nitrogen and oxygen atoms in total. The molecule has 2 heterocycles. The Balaban J connectivity index is 1.32. The molecule has 0 unspecified atom stereocenters. The second-order valence-electron chi connectivity index (χ2n) is 10.4. The standard InChI is InChI=1S/C29H39N3O4/c1-35-27-12-11-23(18-28(27)36-26-9-5-6-10-26)31-15-16-32(29(34)21-30-14-13-25(33)20-30)24(19-31)17-22-7-3-2-4-8-22/h2-4,7-8,11-12,18,24-26,33H,5-6,9-10,13-17,19-21H2,1H3/t24-,25-/m0/s1. The molecule has 2 aliphatic heterocycles. The quantitative estimate of drug-likeness (QED) is 0.609. The van der Waals surface area contributed by atoms with Crippen molar-refractivity contribution in [1.82, 2.24) is 9.80 Å². The van der Waals surface area contributed by atoms with Crippen LogP contribution < -0.4 is 14.4 Å². The Morgan fingerprint density at radius 3 is 2.50 bits per heavy atom. The Morgan fingerprint density at radius 1 is 0.972 bits per heavy atom. The average Bonchev–Trinajstić information content (AvgIpc) is 3.56. The average molecular weight is 494 g/mol. The van der Waals surface area contributed by atoms with Crippen molar-refractivity contribution in [1.29, 1.82) is 0 Å². The Morgan fingerprint density at radius 2 is 1.78 bits per heavy atom. The highest BCUT2D eigenvalue weighted by Crippen LogP contribution is 2.36. The highest BCUT2D eigenvalue weighted by molar-refractivity contribution is 5.79. The maximum Gasteiger partial charge on any atom is 0.237 e.